The van der Waals surface area contributed by atoms with Crippen LogP contribution in [0.15, 0.2) is 149 Å². The average Bonchev–Trinajstić information content (AvgIpc) is 3.37. The van der Waals surface area contributed by atoms with Crippen molar-refractivity contribution in [2.24, 2.45) is 14.1 Å². The molecule has 8 aromatic rings. The van der Waals surface area contributed by atoms with E-state index in [2.05, 4.69) is 67.3 Å². The standard InChI is InChI=1S/C28H29F2N5O.C27H29BrN6O/c1-20-12-21(9-11-32-20)15-34(17-22-16-33(2)26-8-4-3-7-25(26)27(22)36)24-13-28(29,30)19-35(18-24)23-6-5-10-31-14-23;1-19-12-20(9-10-29-19)15-34(17-21-16-32(2)25-8-4-3-7-24(25)26(21)35)23-6-5-11-33(18-23)27-30-13-22(28)14-31-27/h3-12,14,16,24H,13,15,17-19H2,1-2H3;3-4,7-10,12-14,16,23H,5-6,11,15,17-18H2,1-2H3/t;23-/m.0/s1. The highest BCUT2D eigenvalue weighted by Crippen LogP contribution is 2.34. The van der Waals surface area contributed by atoms with Crippen LogP contribution in [-0.4, -0.2) is 88.0 Å². The molecule has 0 amide bonds. The van der Waals surface area contributed by atoms with Gasteiger partial charge >= 0.3 is 0 Å². The van der Waals surface area contributed by atoms with E-state index in [-0.39, 0.29) is 36.4 Å². The Hall–Kier alpha value is -6.75. The Kier molecular flexibility index (Phi) is 15.1. The zero-order chi connectivity index (χ0) is 49.6. The molecule has 2 saturated heterocycles. The SMILES string of the molecule is Cc1cc(CN(Cc2cn(C)c3ccccc3c2=O)C2CN(c3cccnc3)CC(F)(F)C2)ccn1.Cc1cc(CN(Cc2cn(C)c3ccccc3c2=O)[C@H]2CCCN(c3ncc(Br)cn3)C2)ccn1. The van der Waals surface area contributed by atoms with E-state index < -0.39 is 12.0 Å². The Labute approximate surface area is 420 Å². The second-order valence-corrected chi connectivity index (χ2v) is 19.8. The third-order valence-electron chi connectivity index (χ3n) is 13.5. The quantitative estimate of drug-likeness (QED) is 0.117. The van der Waals surface area contributed by atoms with Gasteiger partial charge in [-0.3, -0.25) is 34.3 Å². The maximum Gasteiger partial charge on any atom is 0.266 e. The van der Waals surface area contributed by atoms with Gasteiger partial charge in [-0.25, -0.2) is 18.7 Å². The fraction of sp³-hybridized carbons (Fsp3) is 0.327. The van der Waals surface area contributed by atoms with Crippen molar-refractivity contribution >= 4 is 49.4 Å². The minimum absolute atomic E-state index is 0.0636. The van der Waals surface area contributed by atoms with Crippen molar-refractivity contribution in [2.45, 2.75) is 77.3 Å². The van der Waals surface area contributed by atoms with Gasteiger partial charge in [-0.05, 0) is 114 Å². The molecule has 13 nitrogen and oxygen atoms in total. The molecule has 8 heterocycles. The number of aromatic nitrogens is 7. The highest BCUT2D eigenvalue weighted by atomic mass is 79.9. The largest absolute Gasteiger partial charge is 0.363 e. The molecule has 10 rings (SSSR count). The molecule has 0 aliphatic carbocycles. The number of benzene rings is 2. The van der Waals surface area contributed by atoms with Crippen molar-refractivity contribution in [3.05, 3.63) is 193 Å². The molecular formula is C55H58BrF2N11O2. The number of aryl methyl sites for hydroxylation is 4. The number of anilines is 2. The smallest absolute Gasteiger partial charge is 0.266 e. The number of nitrogens with zero attached hydrogens (tertiary/aromatic N) is 11. The van der Waals surface area contributed by atoms with E-state index in [9.17, 15) is 9.59 Å². The summed E-state index contributed by atoms with van der Waals surface area (Å²) in [6.45, 7) is 7.76. The number of rotatable bonds is 12. The first-order valence-electron chi connectivity index (χ1n) is 24.0. The summed E-state index contributed by atoms with van der Waals surface area (Å²) in [5, 5.41) is 1.39. The first-order chi connectivity index (χ1) is 34.3. The van der Waals surface area contributed by atoms with Gasteiger partial charge in [0.05, 0.1) is 33.9 Å². The molecule has 0 N–H and O–H groups in total. The van der Waals surface area contributed by atoms with Crippen LogP contribution in [0.1, 0.15) is 52.9 Å². The fourth-order valence-electron chi connectivity index (χ4n) is 10.1. The number of hydrogen-bond donors (Lipinski definition) is 0. The van der Waals surface area contributed by atoms with Crippen LogP contribution in [-0.2, 0) is 40.3 Å². The van der Waals surface area contributed by atoms with Gasteiger partial charge in [-0.2, -0.15) is 0 Å². The Bertz CT molecular complexity index is 3250. The molecule has 2 aromatic carbocycles. The summed E-state index contributed by atoms with van der Waals surface area (Å²) in [6.07, 6.45) is 16.1. The highest BCUT2D eigenvalue weighted by molar-refractivity contribution is 9.10. The van der Waals surface area contributed by atoms with Crippen molar-refractivity contribution < 1.29 is 8.78 Å². The number of halogens is 3. The van der Waals surface area contributed by atoms with Gasteiger partial charge in [0.2, 0.25) is 5.95 Å². The number of pyridine rings is 5. The van der Waals surface area contributed by atoms with Crippen molar-refractivity contribution in [3.63, 3.8) is 0 Å². The normalized spacial score (nSPS) is 16.9. The number of piperidine rings is 2. The molecule has 71 heavy (non-hydrogen) atoms. The highest BCUT2D eigenvalue weighted by Gasteiger charge is 2.43. The molecule has 0 radical (unpaired) electrons. The molecule has 2 atom stereocenters. The monoisotopic (exact) mass is 1020 g/mol. The molecule has 16 heteroatoms. The fourth-order valence-corrected chi connectivity index (χ4v) is 10.3. The van der Waals surface area contributed by atoms with Gasteiger partial charge in [-0.1, -0.05) is 24.3 Å². The minimum Gasteiger partial charge on any atom is -0.363 e. The molecule has 0 spiro atoms. The second-order valence-electron chi connectivity index (χ2n) is 18.9. The molecule has 0 bridgehead atoms. The summed E-state index contributed by atoms with van der Waals surface area (Å²) in [6, 6.07) is 26.7. The van der Waals surface area contributed by atoms with Crippen molar-refractivity contribution in [1.82, 2.24) is 43.9 Å². The zero-order valence-electron chi connectivity index (χ0n) is 40.5. The van der Waals surface area contributed by atoms with Gasteiger partial charge < -0.3 is 18.9 Å². The van der Waals surface area contributed by atoms with Crippen LogP contribution in [0.4, 0.5) is 20.4 Å². The van der Waals surface area contributed by atoms with Crippen LogP contribution in [0.5, 0.6) is 0 Å². The first kappa shape index (κ1) is 49.2. The maximum absolute atomic E-state index is 15.1. The lowest BCUT2D eigenvalue weighted by Gasteiger charge is -2.43. The topological polar surface area (TPSA) is 121 Å². The molecule has 366 valence electrons. The number of alkyl halides is 2. The predicted octanol–water partition coefficient (Wildman–Crippen LogP) is 9.02. The number of fused-ring (bicyclic) bond motifs is 2. The summed E-state index contributed by atoms with van der Waals surface area (Å²) in [7, 11) is 3.91. The average molecular weight is 1020 g/mol. The van der Waals surface area contributed by atoms with E-state index in [1.54, 1.807) is 48.0 Å². The van der Waals surface area contributed by atoms with Gasteiger partial charge in [0.1, 0.15) is 0 Å². The molecular weight excluding hydrogens is 965 g/mol. The minimum atomic E-state index is -2.88. The first-order valence-corrected chi connectivity index (χ1v) is 24.8. The Morgan fingerprint density at radius 1 is 0.662 bits per heavy atom. The van der Waals surface area contributed by atoms with E-state index >= 15 is 8.78 Å². The Balaban J connectivity index is 0.000000176. The Morgan fingerprint density at radius 3 is 1.76 bits per heavy atom. The number of para-hydroxylation sites is 2. The maximum atomic E-state index is 15.1. The second kappa shape index (κ2) is 21.7. The van der Waals surface area contributed by atoms with Gasteiger partial charge in [-0.15, -0.1) is 0 Å². The summed E-state index contributed by atoms with van der Waals surface area (Å²) >= 11 is 3.43. The molecule has 0 saturated carbocycles. The van der Waals surface area contributed by atoms with Gasteiger partial charge in [0.25, 0.3) is 5.92 Å². The third-order valence-corrected chi connectivity index (χ3v) is 13.9. The van der Waals surface area contributed by atoms with E-state index in [1.165, 1.54) is 5.56 Å². The lowest BCUT2D eigenvalue weighted by molar-refractivity contribution is -0.0441. The molecule has 2 aliphatic heterocycles. The molecule has 1 unspecified atom stereocenters. The summed E-state index contributed by atoms with van der Waals surface area (Å²) in [4.78, 5) is 57.0. The van der Waals surface area contributed by atoms with Gasteiger partial charge in [0, 0.05) is 155 Å². The summed E-state index contributed by atoms with van der Waals surface area (Å²) in [5.74, 6) is -2.13. The lowest BCUT2D eigenvalue weighted by Crippen LogP contribution is -2.55. The van der Waals surface area contributed by atoms with Crippen LogP contribution in [0.2, 0.25) is 0 Å². The summed E-state index contributed by atoms with van der Waals surface area (Å²) < 4.78 is 35.0. The van der Waals surface area contributed by atoms with E-state index in [0.717, 1.165) is 81.8 Å². The lowest BCUT2D eigenvalue weighted by atomic mass is 9.98. The number of hydrogen-bond acceptors (Lipinski definition) is 11. The zero-order valence-corrected chi connectivity index (χ0v) is 42.1. The van der Waals surface area contributed by atoms with Crippen LogP contribution in [0, 0.1) is 13.8 Å². The molecule has 2 fully saturated rings. The molecule has 6 aromatic heterocycles. The summed E-state index contributed by atoms with van der Waals surface area (Å²) in [5.41, 5.74) is 7.95. The van der Waals surface area contributed by atoms with Crippen molar-refractivity contribution in [3.8, 4) is 0 Å². The van der Waals surface area contributed by atoms with Crippen LogP contribution < -0.4 is 20.7 Å². The van der Waals surface area contributed by atoms with E-state index in [0.29, 0.717) is 36.3 Å². The third kappa shape index (κ3) is 11.9. The van der Waals surface area contributed by atoms with Crippen LogP contribution in [0.25, 0.3) is 21.8 Å². The van der Waals surface area contributed by atoms with Crippen molar-refractivity contribution in [2.75, 3.05) is 36.0 Å². The van der Waals surface area contributed by atoms with E-state index in [1.807, 2.05) is 117 Å². The van der Waals surface area contributed by atoms with E-state index in [4.69, 9.17) is 0 Å². The van der Waals surface area contributed by atoms with Crippen molar-refractivity contribution in [1.29, 1.82) is 0 Å². The van der Waals surface area contributed by atoms with Crippen LogP contribution in [0.3, 0.4) is 0 Å². The van der Waals surface area contributed by atoms with Gasteiger partial charge in [0.15, 0.2) is 10.9 Å². The Morgan fingerprint density at radius 2 is 1.21 bits per heavy atom. The molecule has 2 aliphatic rings. The predicted molar refractivity (Wildman–Crippen MR) is 280 cm³/mol. The van der Waals surface area contributed by atoms with Crippen LogP contribution >= 0.6 is 15.9 Å².